The molecule has 0 radical (unpaired) electrons. The predicted octanol–water partition coefficient (Wildman–Crippen LogP) is 7.42. The van der Waals surface area contributed by atoms with Crippen molar-refractivity contribution in [3.8, 4) is 11.6 Å². The molecule has 3 N–H and O–H groups in total. The van der Waals surface area contributed by atoms with Crippen LogP contribution in [0.2, 0.25) is 0 Å². The maximum atomic E-state index is 13.8. The average molecular weight is 649 g/mol. The molecule has 1 saturated heterocycles. The number of aromatic nitrogens is 3. The molecule has 1 unspecified atom stereocenters. The second kappa shape index (κ2) is 14.0. The molecule has 4 aromatic rings. The van der Waals surface area contributed by atoms with Crippen molar-refractivity contribution in [1.29, 1.82) is 0 Å². The fraction of sp³-hybridized carbons (Fsp3) is 0.371. The smallest absolute Gasteiger partial charge is 0.422 e. The van der Waals surface area contributed by atoms with Crippen LogP contribution in [0, 0.1) is 12.8 Å². The van der Waals surface area contributed by atoms with Gasteiger partial charge in [0.1, 0.15) is 5.82 Å². The SMILES string of the molecule is Cc1ccc(-n2nc(C(C)(C)C)cc2NC(=O)Nc2ccc(C(C(=O)c3ccc(OCC(F)(F)F)nc3)C3CCNCC3)cc2)cc1. The highest BCUT2D eigenvalue weighted by Crippen LogP contribution is 2.35. The highest BCUT2D eigenvalue weighted by Gasteiger charge is 2.32. The van der Waals surface area contributed by atoms with E-state index in [1.54, 1.807) is 16.8 Å². The van der Waals surface area contributed by atoms with Crippen LogP contribution in [0.3, 0.4) is 0 Å². The van der Waals surface area contributed by atoms with Crippen molar-refractivity contribution in [3.05, 3.63) is 95.3 Å². The first-order valence-electron chi connectivity index (χ1n) is 15.5. The lowest BCUT2D eigenvalue weighted by atomic mass is 9.76. The lowest BCUT2D eigenvalue weighted by Crippen LogP contribution is -2.33. The Balaban J connectivity index is 1.32. The lowest BCUT2D eigenvalue weighted by Gasteiger charge is -2.30. The Morgan fingerprint density at radius 3 is 2.26 bits per heavy atom. The molecule has 1 aliphatic heterocycles. The number of nitrogens with zero attached hydrogens (tertiary/aromatic N) is 3. The van der Waals surface area contributed by atoms with Crippen LogP contribution in [0.1, 0.15) is 66.7 Å². The molecular weight excluding hydrogens is 609 g/mol. The summed E-state index contributed by atoms with van der Waals surface area (Å²) >= 11 is 0. The normalized spacial score (nSPS) is 14.8. The lowest BCUT2D eigenvalue weighted by molar-refractivity contribution is -0.154. The number of piperidine rings is 1. The highest BCUT2D eigenvalue weighted by atomic mass is 19.4. The van der Waals surface area contributed by atoms with Crippen molar-refractivity contribution in [2.75, 3.05) is 30.3 Å². The number of alkyl halides is 3. The van der Waals surface area contributed by atoms with Crippen LogP contribution in [0.25, 0.3) is 5.69 Å². The van der Waals surface area contributed by atoms with Gasteiger partial charge in [0.2, 0.25) is 5.88 Å². The van der Waals surface area contributed by atoms with Crippen LogP contribution in [0.15, 0.2) is 72.9 Å². The van der Waals surface area contributed by atoms with Gasteiger partial charge in [-0.25, -0.2) is 14.5 Å². The molecule has 1 aliphatic rings. The van der Waals surface area contributed by atoms with Crippen LogP contribution in [0.4, 0.5) is 29.5 Å². The minimum Gasteiger partial charge on any atom is -0.468 e. The number of pyridine rings is 1. The Labute approximate surface area is 271 Å². The van der Waals surface area contributed by atoms with Crippen LogP contribution >= 0.6 is 0 Å². The minimum absolute atomic E-state index is 0.0473. The molecule has 3 heterocycles. The van der Waals surface area contributed by atoms with Gasteiger partial charge >= 0.3 is 12.2 Å². The zero-order chi connectivity index (χ0) is 33.8. The van der Waals surface area contributed by atoms with Crippen LogP contribution in [-0.2, 0) is 5.41 Å². The molecule has 12 heteroatoms. The van der Waals surface area contributed by atoms with Crippen molar-refractivity contribution < 1.29 is 27.5 Å². The Morgan fingerprint density at radius 2 is 1.66 bits per heavy atom. The average Bonchev–Trinajstić information content (AvgIpc) is 3.46. The Morgan fingerprint density at radius 1 is 0.979 bits per heavy atom. The van der Waals surface area contributed by atoms with Gasteiger partial charge in [-0.05, 0) is 74.7 Å². The number of halogens is 3. The first-order valence-corrected chi connectivity index (χ1v) is 15.5. The maximum Gasteiger partial charge on any atom is 0.422 e. The molecule has 2 aromatic heterocycles. The van der Waals surface area contributed by atoms with Crippen LogP contribution in [-0.4, -0.2) is 52.5 Å². The molecule has 5 rings (SSSR count). The van der Waals surface area contributed by atoms with E-state index in [-0.39, 0.29) is 28.6 Å². The second-order valence-corrected chi connectivity index (χ2v) is 12.8. The van der Waals surface area contributed by atoms with Gasteiger partial charge in [-0.3, -0.25) is 10.1 Å². The summed E-state index contributed by atoms with van der Waals surface area (Å²) in [5.41, 5.74) is 4.11. The van der Waals surface area contributed by atoms with E-state index in [2.05, 4.69) is 41.7 Å². The van der Waals surface area contributed by atoms with Crippen LogP contribution < -0.4 is 20.7 Å². The quantitative estimate of drug-likeness (QED) is 0.163. The van der Waals surface area contributed by atoms with Gasteiger partial charge < -0.3 is 15.4 Å². The molecule has 0 saturated carbocycles. The van der Waals surface area contributed by atoms with E-state index in [1.165, 1.54) is 18.3 Å². The summed E-state index contributed by atoms with van der Waals surface area (Å²) in [5.74, 6) is -0.311. The molecule has 1 fully saturated rings. The fourth-order valence-electron chi connectivity index (χ4n) is 5.53. The number of carbonyl (C=O) groups is 2. The molecule has 2 aromatic carbocycles. The van der Waals surface area contributed by atoms with Gasteiger partial charge in [0, 0.05) is 35.0 Å². The number of benzene rings is 2. The van der Waals surface area contributed by atoms with Crippen molar-refractivity contribution in [2.24, 2.45) is 5.92 Å². The maximum absolute atomic E-state index is 13.8. The van der Waals surface area contributed by atoms with E-state index < -0.39 is 24.7 Å². The summed E-state index contributed by atoms with van der Waals surface area (Å²) in [6, 6.07) is 19.1. The molecule has 248 valence electrons. The van der Waals surface area contributed by atoms with Crippen molar-refractivity contribution in [2.45, 2.75) is 58.0 Å². The van der Waals surface area contributed by atoms with Gasteiger partial charge in [0.05, 0.1) is 17.3 Å². The van der Waals surface area contributed by atoms with Gasteiger partial charge in [-0.15, -0.1) is 0 Å². The minimum atomic E-state index is -4.49. The van der Waals surface area contributed by atoms with E-state index in [9.17, 15) is 22.8 Å². The van der Waals surface area contributed by atoms with Gasteiger partial charge in [0.15, 0.2) is 12.4 Å². The number of hydrogen-bond acceptors (Lipinski definition) is 6. The number of rotatable bonds is 9. The number of Topliss-reactive ketones (excluding diaryl/α,β-unsaturated/α-hetero) is 1. The number of ether oxygens (including phenoxy) is 1. The first-order chi connectivity index (χ1) is 22.3. The van der Waals surface area contributed by atoms with Gasteiger partial charge in [-0.2, -0.15) is 18.3 Å². The topological polar surface area (TPSA) is 110 Å². The van der Waals surface area contributed by atoms with Crippen molar-refractivity contribution >= 4 is 23.3 Å². The number of nitrogens with one attached hydrogen (secondary N) is 3. The Hall–Kier alpha value is -4.71. The zero-order valence-corrected chi connectivity index (χ0v) is 26.8. The molecule has 0 bridgehead atoms. The fourth-order valence-corrected chi connectivity index (χ4v) is 5.53. The third-order valence-electron chi connectivity index (χ3n) is 8.07. The monoisotopic (exact) mass is 648 g/mol. The number of aryl methyl sites for hydroxylation is 1. The van der Waals surface area contributed by atoms with E-state index >= 15 is 0 Å². The first kappa shape index (κ1) is 33.6. The summed E-state index contributed by atoms with van der Waals surface area (Å²) in [6.07, 6.45) is -1.67. The number of anilines is 2. The standard InChI is InChI=1S/C35H39F3N6O3/c1-22-5-12-27(13-6-22)44-29(19-28(43-44)34(2,3)4)42-33(46)41-26-10-7-23(8-11-26)31(24-15-17-39-18-16-24)32(45)25-9-14-30(40-20-25)47-21-35(36,37)38/h5-14,19-20,24,31,39H,15-18,21H2,1-4H3,(H2,41,42,46). The molecular formula is C35H39F3N6O3. The number of ketones is 1. The molecule has 2 amide bonds. The number of hydrogen-bond donors (Lipinski definition) is 3. The van der Waals surface area contributed by atoms with E-state index in [0.717, 1.165) is 48.4 Å². The van der Waals surface area contributed by atoms with E-state index in [1.807, 2.05) is 49.4 Å². The summed E-state index contributed by atoms with van der Waals surface area (Å²) in [7, 11) is 0. The van der Waals surface area contributed by atoms with E-state index in [0.29, 0.717) is 11.5 Å². The number of urea groups is 1. The highest BCUT2D eigenvalue weighted by molar-refractivity contribution is 6.01. The van der Waals surface area contributed by atoms with Gasteiger partial charge in [-0.1, -0.05) is 50.6 Å². The Kier molecular flexibility index (Phi) is 9.99. The van der Waals surface area contributed by atoms with E-state index in [4.69, 9.17) is 9.84 Å². The second-order valence-electron chi connectivity index (χ2n) is 12.8. The summed E-state index contributed by atoms with van der Waals surface area (Å²) in [6.45, 7) is 8.25. The summed E-state index contributed by atoms with van der Waals surface area (Å²) in [5, 5.41) is 13.9. The molecule has 1 atom stereocenters. The van der Waals surface area contributed by atoms with Gasteiger partial charge in [0.25, 0.3) is 0 Å². The molecule has 0 spiro atoms. The number of carbonyl (C=O) groups excluding carboxylic acids is 2. The Bertz CT molecular complexity index is 1670. The number of amides is 2. The van der Waals surface area contributed by atoms with Crippen molar-refractivity contribution in [1.82, 2.24) is 20.1 Å². The van der Waals surface area contributed by atoms with Crippen LogP contribution in [0.5, 0.6) is 5.88 Å². The molecule has 47 heavy (non-hydrogen) atoms. The van der Waals surface area contributed by atoms with Crippen molar-refractivity contribution in [3.63, 3.8) is 0 Å². The largest absolute Gasteiger partial charge is 0.468 e. The summed E-state index contributed by atoms with van der Waals surface area (Å²) in [4.78, 5) is 30.9. The zero-order valence-electron chi connectivity index (χ0n) is 26.8. The molecule has 9 nitrogen and oxygen atoms in total. The third-order valence-corrected chi connectivity index (χ3v) is 8.07. The third kappa shape index (κ3) is 8.76. The molecule has 0 aliphatic carbocycles. The predicted molar refractivity (Wildman–Crippen MR) is 175 cm³/mol. The summed E-state index contributed by atoms with van der Waals surface area (Å²) < 4.78 is 44.0.